The van der Waals surface area contributed by atoms with Crippen molar-refractivity contribution in [3.8, 4) is 0 Å². The van der Waals surface area contributed by atoms with Crippen LogP contribution in [0.3, 0.4) is 0 Å². The van der Waals surface area contributed by atoms with Crippen molar-refractivity contribution >= 4 is 36.1 Å². The van der Waals surface area contributed by atoms with Gasteiger partial charge in [-0.15, -0.1) is 0 Å². The van der Waals surface area contributed by atoms with E-state index in [0.29, 0.717) is 5.56 Å². The van der Waals surface area contributed by atoms with Gasteiger partial charge in [0.05, 0.1) is 4.92 Å². The summed E-state index contributed by atoms with van der Waals surface area (Å²) < 4.78 is 0.920. The topological polar surface area (TPSA) is 105 Å². The van der Waals surface area contributed by atoms with Crippen LogP contribution >= 0.6 is 12.8 Å². The summed E-state index contributed by atoms with van der Waals surface area (Å²) in [5.74, 6) is -0.413. The number of nitro benzene ring substituents is 1. The van der Waals surface area contributed by atoms with Gasteiger partial charge in [0, 0.05) is 12.1 Å². The number of nitrogens with zero attached hydrogens (tertiary/aromatic N) is 2. The molecule has 0 saturated heterocycles. The van der Waals surface area contributed by atoms with Crippen molar-refractivity contribution in [2.24, 2.45) is 0 Å². The van der Waals surface area contributed by atoms with Gasteiger partial charge in [0.15, 0.2) is 0 Å². The quantitative estimate of drug-likeness (QED) is 0.400. The smallest absolute Gasteiger partial charge is 0.332 e. The van der Waals surface area contributed by atoms with Crippen molar-refractivity contribution in [1.29, 1.82) is 0 Å². The van der Waals surface area contributed by atoms with Crippen LogP contribution in [0.25, 0.3) is 0 Å². The first-order valence-corrected chi connectivity index (χ1v) is 8.59. The number of nitrogens with one attached hydrogen (secondary N) is 2. The van der Waals surface area contributed by atoms with E-state index < -0.39 is 22.9 Å². The van der Waals surface area contributed by atoms with E-state index >= 15 is 0 Å². The molecule has 3 amide bonds. The fourth-order valence-corrected chi connectivity index (χ4v) is 2.72. The molecule has 8 nitrogen and oxygen atoms in total. The average molecular weight is 388 g/mol. The Hall–Kier alpha value is -3.07. The highest BCUT2D eigenvalue weighted by atomic mass is 32.1. The second-order valence-corrected chi connectivity index (χ2v) is 6.46. The first-order chi connectivity index (χ1) is 12.8. The molecular weight excluding hydrogens is 368 g/mol. The summed E-state index contributed by atoms with van der Waals surface area (Å²) in [6.07, 6.45) is 0. The molecule has 0 aliphatic heterocycles. The Labute approximate surface area is 162 Å². The Balaban J connectivity index is 2.29. The Morgan fingerprint density at radius 1 is 1.07 bits per heavy atom. The number of urea groups is 1. The standard InChI is InChI=1S/C18H20N4O4S/c1-12(2)19-17(23)16(13-8-4-3-5-9-13)21(27)18(24)20-14-10-6-7-11-15(14)22(25)26/h3-12,16,27H,1-2H3,(H,19,23)(H,20,24). The fourth-order valence-electron chi connectivity index (χ4n) is 2.43. The molecule has 0 aliphatic carbocycles. The van der Waals surface area contributed by atoms with E-state index in [0.717, 1.165) is 4.31 Å². The molecule has 0 radical (unpaired) electrons. The third kappa shape index (κ3) is 5.20. The molecule has 2 N–H and O–H groups in total. The van der Waals surface area contributed by atoms with Gasteiger partial charge in [-0.2, -0.15) is 0 Å². The molecule has 0 aromatic heterocycles. The summed E-state index contributed by atoms with van der Waals surface area (Å²) >= 11 is 4.20. The van der Waals surface area contributed by atoms with E-state index in [4.69, 9.17) is 0 Å². The number of thiol groups is 1. The van der Waals surface area contributed by atoms with Crippen LogP contribution in [0.4, 0.5) is 16.2 Å². The fraction of sp³-hybridized carbons (Fsp3) is 0.222. The van der Waals surface area contributed by atoms with Crippen molar-refractivity contribution in [1.82, 2.24) is 9.62 Å². The monoisotopic (exact) mass is 388 g/mol. The Morgan fingerprint density at radius 2 is 1.67 bits per heavy atom. The molecule has 0 spiro atoms. The minimum atomic E-state index is -1.01. The minimum Gasteiger partial charge on any atom is -0.352 e. The third-order valence-corrected chi connectivity index (χ3v) is 4.00. The summed E-state index contributed by atoms with van der Waals surface area (Å²) in [4.78, 5) is 35.8. The lowest BCUT2D eigenvalue weighted by Gasteiger charge is -2.27. The summed E-state index contributed by atoms with van der Waals surface area (Å²) in [5.41, 5.74) is 0.321. The van der Waals surface area contributed by atoms with Crippen LogP contribution in [0.1, 0.15) is 25.5 Å². The minimum absolute atomic E-state index is 0.0163. The summed E-state index contributed by atoms with van der Waals surface area (Å²) in [7, 11) is 0. The Kier molecular flexibility index (Phi) is 6.78. The molecule has 2 aromatic rings. The Bertz CT molecular complexity index is 829. The molecule has 0 fully saturated rings. The molecule has 0 heterocycles. The van der Waals surface area contributed by atoms with E-state index in [1.807, 2.05) is 0 Å². The van der Waals surface area contributed by atoms with Crippen molar-refractivity contribution in [2.75, 3.05) is 5.32 Å². The van der Waals surface area contributed by atoms with E-state index in [1.54, 1.807) is 50.2 Å². The van der Waals surface area contributed by atoms with Crippen molar-refractivity contribution < 1.29 is 14.5 Å². The number of nitro groups is 1. The average Bonchev–Trinajstić information content (AvgIpc) is 2.62. The molecule has 9 heteroatoms. The number of hydrogen-bond donors (Lipinski definition) is 3. The van der Waals surface area contributed by atoms with Gasteiger partial charge in [0.2, 0.25) is 5.91 Å². The zero-order valence-electron chi connectivity index (χ0n) is 14.8. The van der Waals surface area contributed by atoms with Crippen molar-refractivity contribution in [3.63, 3.8) is 0 Å². The molecule has 142 valence electrons. The van der Waals surface area contributed by atoms with Gasteiger partial charge in [-0.05, 0) is 25.5 Å². The first-order valence-electron chi connectivity index (χ1n) is 8.19. The summed E-state index contributed by atoms with van der Waals surface area (Å²) in [5, 5.41) is 16.3. The number of carbonyl (C=O) groups is 2. The zero-order chi connectivity index (χ0) is 20.0. The molecule has 1 atom stereocenters. The maximum atomic E-state index is 12.6. The van der Waals surface area contributed by atoms with Crippen molar-refractivity contribution in [2.45, 2.75) is 25.9 Å². The maximum absolute atomic E-state index is 12.6. The van der Waals surface area contributed by atoms with Crippen LogP contribution in [-0.2, 0) is 4.79 Å². The van der Waals surface area contributed by atoms with Gasteiger partial charge in [0.1, 0.15) is 11.7 Å². The molecular formula is C18H20N4O4S. The highest BCUT2D eigenvalue weighted by Gasteiger charge is 2.30. The molecule has 0 bridgehead atoms. The van der Waals surface area contributed by atoms with Crippen LogP contribution in [0.5, 0.6) is 0 Å². The first kappa shape index (κ1) is 20.2. The van der Waals surface area contributed by atoms with E-state index in [-0.39, 0.29) is 17.4 Å². The molecule has 0 aliphatic rings. The zero-order valence-corrected chi connectivity index (χ0v) is 15.7. The van der Waals surface area contributed by atoms with Gasteiger partial charge in [-0.1, -0.05) is 55.3 Å². The van der Waals surface area contributed by atoms with Crippen molar-refractivity contribution in [3.05, 3.63) is 70.3 Å². The number of rotatable bonds is 6. The number of carbonyl (C=O) groups excluding carboxylic acids is 2. The van der Waals surface area contributed by atoms with Crippen LogP contribution in [0.2, 0.25) is 0 Å². The molecule has 27 heavy (non-hydrogen) atoms. The highest BCUT2D eigenvalue weighted by molar-refractivity contribution is 7.78. The number of para-hydroxylation sites is 2. The molecule has 2 aromatic carbocycles. The van der Waals surface area contributed by atoms with E-state index in [2.05, 4.69) is 23.4 Å². The summed E-state index contributed by atoms with van der Waals surface area (Å²) in [6.45, 7) is 3.60. The lowest BCUT2D eigenvalue weighted by atomic mass is 10.1. The van der Waals surface area contributed by atoms with Crippen LogP contribution < -0.4 is 10.6 Å². The van der Waals surface area contributed by atoms with E-state index in [9.17, 15) is 19.7 Å². The lowest BCUT2D eigenvalue weighted by Crippen LogP contribution is -2.43. The van der Waals surface area contributed by atoms with Gasteiger partial charge >= 0.3 is 6.03 Å². The van der Waals surface area contributed by atoms with Gasteiger partial charge in [-0.25, -0.2) is 4.79 Å². The summed E-state index contributed by atoms with van der Waals surface area (Å²) in [6, 6.07) is 12.5. The number of anilines is 1. The third-order valence-electron chi connectivity index (χ3n) is 3.59. The van der Waals surface area contributed by atoms with E-state index in [1.165, 1.54) is 18.2 Å². The predicted molar refractivity (Wildman–Crippen MR) is 105 cm³/mol. The van der Waals surface area contributed by atoms with Crippen LogP contribution in [0, 0.1) is 10.1 Å². The SMILES string of the molecule is CC(C)NC(=O)C(c1ccccc1)N(S)C(=O)Nc1ccccc1[N+](=O)[O-]. The van der Waals surface area contributed by atoms with Crippen LogP contribution in [0.15, 0.2) is 54.6 Å². The maximum Gasteiger partial charge on any atom is 0.332 e. The second-order valence-electron chi connectivity index (χ2n) is 6.03. The molecule has 2 rings (SSSR count). The Morgan fingerprint density at radius 3 is 2.26 bits per heavy atom. The largest absolute Gasteiger partial charge is 0.352 e. The lowest BCUT2D eigenvalue weighted by molar-refractivity contribution is -0.383. The highest BCUT2D eigenvalue weighted by Crippen LogP contribution is 2.27. The van der Waals surface area contributed by atoms with Gasteiger partial charge in [-0.3, -0.25) is 19.2 Å². The normalized spacial score (nSPS) is 11.6. The molecule has 0 saturated carbocycles. The second kappa shape index (κ2) is 9.04. The van der Waals surface area contributed by atoms with Gasteiger partial charge < -0.3 is 10.6 Å². The van der Waals surface area contributed by atoms with Crippen LogP contribution in [-0.4, -0.2) is 27.2 Å². The number of benzene rings is 2. The predicted octanol–water partition coefficient (Wildman–Crippen LogP) is 3.54. The molecule has 1 unspecified atom stereocenters. The number of amides is 3. The number of hydrogen-bond acceptors (Lipinski definition) is 5. The van der Waals surface area contributed by atoms with Gasteiger partial charge in [0.25, 0.3) is 5.69 Å².